The first-order valence-corrected chi connectivity index (χ1v) is 20.1. The van der Waals surface area contributed by atoms with Crippen molar-refractivity contribution in [2.45, 2.75) is 0 Å². The zero-order chi connectivity index (χ0) is 42.0. The second-order valence-electron chi connectivity index (χ2n) is 14.9. The number of aromatic nitrogens is 3. The van der Waals surface area contributed by atoms with E-state index in [0.717, 1.165) is 61.2 Å². The molecule has 1 heterocycles. The molecule has 62 heavy (non-hydrogen) atoms. The van der Waals surface area contributed by atoms with Crippen molar-refractivity contribution < 1.29 is 0 Å². The van der Waals surface area contributed by atoms with E-state index in [-0.39, 0.29) is 0 Å². The van der Waals surface area contributed by atoms with Crippen LogP contribution in [-0.4, -0.2) is 15.0 Å². The van der Waals surface area contributed by atoms with Crippen LogP contribution in [0.1, 0.15) is 11.1 Å². The average molecular weight is 789 g/mol. The summed E-state index contributed by atoms with van der Waals surface area (Å²) in [6.07, 6.45) is 0. The molecule has 6 nitrogen and oxygen atoms in total. The van der Waals surface area contributed by atoms with Crippen LogP contribution < -0.4 is 0 Å². The van der Waals surface area contributed by atoms with Crippen LogP contribution in [-0.2, 0) is 0 Å². The van der Waals surface area contributed by atoms with E-state index in [1.807, 2.05) is 66.7 Å². The molecule has 0 spiro atoms. The van der Waals surface area contributed by atoms with E-state index in [1.54, 1.807) is 24.3 Å². The van der Waals surface area contributed by atoms with Gasteiger partial charge in [-0.15, -0.1) is 0 Å². The zero-order valence-electron chi connectivity index (χ0n) is 33.2. The van der Waals surface area contributed by atoms with Crippen LogP contribution in [0.15, 0.2) is 194 Å². The average Bonchev–Trinajstić information content (AvgIpc) is 3.36. The lowest BCUT2D eigenvalue weighted by Gasteiger charge is -2.15. The van der Waals surface area contributed by atoms with Gasteiger partial charge in [0.05, 0.1) is 29.8 Å². The molecule has 0 amide bonds. The molecule has 0 aliphatic heterocycles. The number of para-hydroxylation sites is 1. The standard InChI is InChI=1S/C56H32N6/c1-59-53-50(45-10-6-9-43(32-45)44-30-31-49-46(33-44)29-26-38-8-2-3-11-47(38)49)14-7-15-52(53)51-13-5-4-12-48(51)39-24-27-42(28-25-39)56-61-54(40-20-16-36(34-57)17-21-40)60-55(62-56)41-22-18-37(35-58)19-23-41/h2-33H. The van der Waals surface area contributed by atoms with Crippen molar-refractivity contribution in [2.24, 2.45) is 0 Å². The zero-order valence-corrected chi connectivity index (χ0v) is 33.2. The van der Waals surface area contributed by atoms with Gasteiger partial charge in [-0.2, -0.15) is 10.5 Å². The molecule has 0 aliphatic rings. The molecule has 0 unspecified atom stereocenters. The third-order valence-corrected chi connectivity index (χ3v) is 11.3. The van der Waals surface area contributed by atoms with Crippen LogP contribution in [0.3, 0.4) is 0 Å². The summed E-state index contributed by atoms with van der Waals surface area (Å²) in [4.78, 5) is 18.7. The molecule has 0 atom stereocenters. The normalized spacial score (nSPS) is 10.9. The predicted octanol–water partition coefficient (Wildman–Crippen LogP) is 14.1. The molecule has 9 aromatic carbocycles. The summed E-state index contributed by atoms with van der Waals surface area (Å²) >= 11 is 0. The molecule has 10 rings (SSSR count). The summed E-state index contributed by atoms with van der Waals surface area (Å²) in [5, 5.41) is 23.6. The molecule has 1 aromatic heterocycles. The molecule has 0 saturated heterocycles. The van der Waals surface area contributed by atoms with Gasteiger partial charge in [-0.25, -0.2) is 19.8 Å². The smallest absolute Gasteiger partial charge is 0.202 e. The maximum Gasteiger partial charge on any atom is 0.202 e. The number of hydrogen-bond acceptors (Lipinski definition) is 5. The van der Waals surface area contributed by atoms with Gasteiger partial charge in [0.25, 0.3) is 0 Å². The van der Waals surface area contributed by atoms with Gasteiger partial charge >= 0.3 is 0 Å². The Balaban J connectivity index is 1.00. The fraction of sp³-hybridized carbons (Fsp3) is 0. The van der Waals surface area contributed by atoms with E-state index < -0.39 is 0 Å². The summed E-state index contributed by atoms with van der Waals surface area (Å²) in [7, 11) is 0. The Hall–Kier alpha value is -9.02. The van der Waals surface area contributed by atoms with E-state index in [0.29, 0.717) is 34.3 Å². The van der Waals surface area contributed by atoms with Gasteiger partial charge in [0.1, 0.15) is 0 Å². The minimum atomic E-state index is 0.469. The van der Waals surface area contributed by atoms with Crippen LogP contribution in [0.5, 0.6) is 0 Å². The van der Waals surface area contributed by atoms with Gasteiger partial charge in [0.15, 0.2) is 17.5 Å². The molecule has 0 aliphatic carbocycles. The van der Waals surface area contributed by atoms with Gasteiger partial charge in [-0.3, -0.25) is 0 Å². The summed E-state index contributed by atoms with van der Waals surface area (Å²) < 4.78 is 0. The monoisotopic (exact) mass is 788 g/mol. The summed E-state index contributed by atoms with van der Waals surface area (Å²) in [6, 6.07) is 69.0. The second kappa shape index (κ2) is 16.0. The van der Waals surface area contributed by atoms with Crippen molar-refractivity contribution in [1.29, 1.82) is 10.5 Å². The van der Waals surface area contributed by atoms with E-state index >= 15 is 0 Å². The van der Waals surface area contributed by atoms with E-state index in [1.165, 1.54) is 21.5 Å². The lowest BCUT2D eigenvalue weighted by Crippen LogP contribution is -2.00. The molecule has 6 heteroatoms. The van der Waals surface area contributed by atoms with Crippen LogP contribution in [0.2, 0.25) is 0 Å². The Labute approximate surface area is 358 Å². The first-order valence-electron chi connectivity index (χ1n) is 20.1. The molecule has 10 aromatic rings. The Morgan fingerprint density at radius 1 is 0.355 bits per heavy atom. The number of benzene rings is 9. The van der Waals surface area contributed by atoms with Gasteiger partial charge in [0.2, 0.25) is 5.69 Å². The number of nitrogens with zero attached hydrogens (tertiary/aromatic N) is 6. The van der Waals surface area contributed by atoms with Gasteiger partial charge in [-0.1, -0.05) is 133 Å². The maximum atomic E-state index is 9.36. The van der Waals surface area contributed by atoms with Gasteiger partial charge in [-0.05, 0) is 127 Å². The van der Waals surface area contributed by atoms with Crippen LogP contribution in [0, 0.1) is 29.2 Å². The van der Waals surface area contributed by atoms with Gasteiger partial charge < -0.3 is 0 Å². The van der Waals surface area contributed by atoms with E-state index in [2.05, 4.69) is 120 Å². The third kappa shape index (κ3) is 6.99. The Bertz CT molecular complexity index is 3400. The molecular formula is C56H32N6. The van der Waals surface area contributed by atoms with Crippen molar-refractivity contribution in [3.63, 3.8) is 0 Å². The Morgan fingerprint density at radius 3 is 1.47 bits per heavy atom. The number of fused-ring (bicyclic) bond motifs is 3. The van der Waals surface area contributed by atoms with Crippen molar-refractivity contribution in [2.75, 3.05) is 0 Å². The summed E-state index contributed by atoms with van der Waals surface area (Å²) in [5.74, 6) is 1.42. The second-order valence-corrected chi connectivity index (χ2v) is 14.9. The lowest BCUT2D eigenvalue weighted by atomic mass is 9.90. The first-order chi connectivity index (χ1) is 30.6. The molecule has 0 fully saturated rings. The quantitative estimate of drug-likeness (QED) is 0.118. The SMILES string of the molecule is [C-]#[N+]c1c(-c2cccc(-c3ccc4c(ccc5ccccc54)c3)c2)cccc1-c1ccccc1-c1ccc(-c2nc(-c3ccc(C#N)cc3)nc(-c3ccc(C#N)cc3)n2)cc1. The Kier molecular flexibility index (Phi) is 9.60. The van der Waals surface area contributed by atoms with Crippen LogP contribution >= 0.6 is 0 Å². The highest BCUT2D eigenvalue weighted by Gasteiger charge is 2.18. The molecule has 0 bridgehead atoms. The van der Waals surface area contributed by atoms with Crippen LogP contribution in [0.4, 0.5) is 5.69 Å². The van der Waals surface area contributed by atoms with Crippen molar-refractivity contribution in [3.8, 4) is 90.8 Å². The van der Waals surface area contributed by atoms with Gasteiger partial charge in [0, 0.05) is 16.7 Å². The fourth-order valence-corrected chi connectivity index (χ4v) is 8.09. The van der Waals surface area contributed by atoms with Crippen molar-refractivity contribution >= 4 is 27.2 Å². The van der Waals surface area contributed by atoms with E-state index in [9.17, 15) is 10.5 Å². The fourth-order valence-electron chi connectivity index (χ4n) is 8.09. The number of nitriles is 2. The molecule has 0 radical (unpaired) electrons. The molecule has 0 N–H and O–H groups in total. The third-order valence-electron chi connectivity index (χ3n) is 11.3. The first kappa shape index (κ1) is 37.3. The largest absolute Gasteiger partial charge is 0.237 e. The van der Waals surface area contributed by atoms with Crippen molar-refractivity contribution in [3.05, 3.63) is 217 Å². The molecule has 286 valence electrons. The summed E-state index contributed by atoms with van der Waals surface area (Å²) in [5.41, 5.74) is 11.8. The maximum absolute atomic E-state index is 9.36. The topological polar surface area (TPSA) is 90.6 Å². The van der Waals surface area contributed by atoms with E-state index in [4.69, 9.17) is 21.5 Å². The molecular weight excluding hydrogens is 757 g/mol. The Morgan fingerprint density at radius 2 is 0.823 bits per heavy atom. The number of hydrogen-bond donors (Lipinski definition) is 0. The van der Waals surface area contributed by atoms with Crippen LogP contribution in [0.25, 0.3) is 105 Å². The number of rotatable bonds is 7. The minimum Gasteiger partial charge on any atom is -0.237 e. The highest BCUT2D eigenvalue weighted by molar-refractivity contribution is 6.08. The van der Waals surface area contributed by atoms with Crippen molar-refractivity contribution in [1.82, 2.24) is 15.0 Å². The predicted molar refractivity (Wildman–Crippen MR) is 249 cm³/mol. The molecule has 0 saturated carbocycles. The summed E-state index contributed by atoms with van der Waals surface area (Å²) in [6.45, 7) is 8.47. The minimum absolute atomic E-state index is 0.469. The lowest BCUT2D eigenvalue weighted by molar-refractivity contribution is 1.07. The highest BCUT2D eigenvalue weighted by Crippen LogP contribution is 2.44. The highest BCUT2D eigenvalue weighted by atomic mass is 15.0.